The SMILES string of the molecule is CCCCNC1CCCCC1N. The van der Waals surface area contributed by atoms with Crippen molar-refractivity contribution in [2.45, 2.75) is 57.5 Å². The fraction of sp³-hybridized carbons (Fsp3) is 1.00. The second-order valence-electron chi connectivity index (χ2n) is 3.86. The first kappa shape index (κ1) is 10.0. The molecule has 1 saturated carbocycles. The minimum atomic E-state index is 0.413. The molecule has 0 aliphatic heterocycles. The van der Waals surface area contributed by atoms with Gasteiger partial charge in [-0.25, -0.2) is 0 Å². The predicted octanol–water partition coefficient (Wildman–Crippen LogP) is 1.65. The van der Waals surface area contributed by atoms with E-state index in [-0.39, 0.29) is 0 Å². The van der Waals surface area contributed by atoms with Crippen molar-refractivity contribution in [2.75, 3.05) is 6.54 Å². The molecular formula is C10H22N2. The maximum absolute atomic E-state index is 6.00. The van der Waals surface area contributed by atoms with Gasteiger partial charge in [0.25, 0.3) is 0 Å². The summed E-state index contributed by atoms with van der Waals surface area (Å²) in [6.45, 7) is 3.37. The Balaban J connectivity index is 2.11. The lowest BCUT2D eigenvalue weighted by molar-refractivity contribution is 0.327. The molecule has 1 aliphatic carbocycles. The van der Waals surface area contributed by atoms with Crippen LogP contribution in [0, 0.1) is 0 Å². The van der Waals surface area contributed by atoms with E-state index in [0.29, 0.717) is 12.1 Å². The van der Waals surface area contributed by atoms with Crippen molar-refractivity contribution in [3.63, 3.8) is 0 Å². The fourth-order valence-corrected chi connectivity index (χ4v) is 1.88. The molecule has 2 heteroatoms. The van der Waals surface area contributed by atoms with E-state index in [1.54, 1.807) is 0 Å². The van der Waals surface area contributed by atoms with E-state index in [1.807, 2.05) is 0 Å². The van der Waals surface area contributed by atoms with Crippen molar-refractivity contribution < 1.29 is 0 Å². The van der Waals surface area contributed by atoms with Gasteiger partial charge in [0.15, 0.2) is 0 Å². The standard InChI is InChI=1S/C10H22N2/c1-2-3-8-12-10-7-5-4-6-9(10)11/h9-10,12H,2-8,11H2,1H3. The van der Waals surface area contributed by atoms with Crippen molar-refractivity contribution in [2.24, 2.45) is 5.73 Å². The van der Waals surface area contributed by atoms with E-state index in [9.17, 15) is 0 Å². The van der Waals surface area contributed by atoms with Crippen LogP contribution in [0.5, 0.6) is 0 Å². The predicted molar refractivity (Wildman–Crippen MR) is 53.1 cm³/mol. The van der Waals surface area contributed by atoms with Gasteiger partial charge in [0.05, 0.1) is 0 Å². The topological polar surface area (TPSA) is 38.0 Å². The van der Waals surface area contributed by atoms with Gasteiger partial charge < -0.3 is 11.1 Å². The van der Waals surface area contributed by atoms with Gasteiger partial charge in [-0.3, -0.25) is 0 Å². The van der Waals surface area contributed by atoms with Crippen molar-refractivity contribution in [3.05, 3.63) is 0 Å². The van der Waals surface area contributed by atoms with Crippen LogP contribution in [-0.2, 0) is 0 Å². The van der Waals surface area contributed by atoms with Crippen LogP contribution in [0.4, 0.5) is 0 Å². The molecule has 3 N–H and O–H groups in total. The maximum Gasteiger partial charge on any atom is 0.0219 e. The fourth-order valence-electron chi connectivity index (χ4n) is 1.88. The summed E-state index contributed by atoms with van der Waals surface area (Å²) in [5, 5.41) is 3.55. The average molecular weight is 170 g/mol. The number of hydrogen-bond donors (Lipinski definition) is 2. The molecule has 2 nitrogen and oxygen atoms in total. The first-order valence-corrected chi connectivity index (χ1v) is 5.33. The Hall–Kier alpha value is -0.0800. The van der Waals surface area contributed by atoms with E-state index in [4.69, 9.17) is 5.73 Å². The summed E-state index contributed by atoms with van der Waals surface area (Å²) in [4.78, 5) is 0. The second kappa shape index (κ2) is 5.55. The molecule has 12 heavy (non-hydrogen) atoms. The van der Waals surface area contributed by atoms with Gasteiger partial charge in [0, 0.05) is 12.1 Å². The number of nitrogens with one attached hydrogen (secondary N) is 1. The molecule has 0 spiro atoms. The summed E-state index contributed by atoms with van der Waals surface area (Å²) in [5.74, 6) is 0. The Morgan fingerprint density at radius 3 is 2.75 bits per heavy atom. The van der Waals surface area contributed by atoms with Crippen LogP contribution in [-0.4, -0.2) is 18.6 Å². The quantitative estimate of drug-likeness (QED) is 0.630. The van der Waals surface area contributed by atoms with Crippen LogP contribution in [0.2, 0.25) is 0 Å². The lowest BCUT2D eigenvalue weighted by atomic mass is 9.91. The van der Waals surface area contributed by atoms with Crippen molar-refractivity contribution in [1.29, 1.82) is 0 Å². The normalized spacial score (nSPS) is 30.5. The molecule has 0 aromatic heterocycles. The van der Waals surface area contributed by atoms with Gasteiger partial charge in [0.1, 0.15) is 0 Å². The molecule has 0 aromatic rings. The minimum absolute atomic E-state index is 0.413. The third-order valence-corrected chi connectivity index (χ3v) is 2.76. The molecule has 1 fully saturated rings. The summed E-state index contributed by atoms with van der Waals surface area (Å²) in [6.07, 6.45) is 7.73. The first-order valence-electron chi connectivity index (χ1n) is 5.33. The van der Waals surface area contributed by atoms with Crippen LogP contribution in [0.1, 0.15) is 45.4 Å². The van der Waals surface area contributed by atoms with Gasteiger partial charge in [0.2, 0.25) is 0 Å². The van der Waals surface area contributed by atoms with Crippen molar-refractivity contribution >= 4 is 0 Å². The highest BCUT2D eigenvalue weighted by Gasteiger charge is 2.20. The highest BCUT2D eigenvalue weighted by Crippen LogP contribution is 2.16. The largest absolute Gasteiger partial charge is 0.326 e. The lowest BCUT2D eigenvalue weighted by Crippen LogP contribution is -2.47. The van der Waals surface area contributed by atoms with Crippen molar-refractivity contribution in [3.8, 4) is 0 Å². The molecule has 2 atom stereocenters. The molecule has 0 amide bonds. The van der Waals surface area contributed by atoms with E-state index >= 15 is 0 Å². The van der Waals surface area contributed by atoms with E-state index in [0.717, 1.165) is 6.54 Å². The van der Waals surface area contributed by atoms with Gasteiger partial charge >= 0.3 is 0 Å². The van der Waals surface area contributed by atoms with E-state index in [2.05, 4.69) is 12.2 Å². The maximum atomic E-state index is 6.00. The summed E-state index contributed by atoms with van der Waals surface area (Å²) in [7, 11) is 0. The number of unbranched alkanes of at least 4 members (excludes halogenated alkanes) is 1. The molecule has 0 saturated heterocycles. The van der Waals surface area contributed by atoms with Crippen LogP contribution in [0.15, 0.2) is 0 Å². The first-order chi connectivity index (χ1) is 5.84. The number of hydrogen-bond acceptors (Lipinski definition) is 2. The Bertz CT molecular complexity index is 114. The van der Waals surface area contributed by atoms with Crippen LogP contribution in [0.3, 0.4) is 0 Å². The molecule has 0 aromatic carbocycles. The Morgan fingerprint density at radius 1 is 1.33 bits per heavy atom. The smallest absolute Gasteiger partial charge is 0.0219 e. The Kier molecular flexibility index (Phi) is 4.62. The Labute approximate surface area is 75.9 Å². The second-order valence-corrected chi connectivity index (χ2v) is 3.86. The van der Waals surface area contributed by atoms with Gasteiger partial charge in [-0.2, -0.15) is 0 Å². The monoisotopic (exact) mass is 170 g/mol. The zero-order valence-corrected chi connectivity index (χ0v) is 8.18. The summed E-state index contributed by atoms with van der Waals surface area (Å²) >= 11 is 0. The zero-order chi connectivity index (χ0) is 8.81. The molecule has 0 bridgehead atoms. The van der Waals surface area contributed by atoms with Gasteiger partial charge in [-0.05, 0) is 25.8 Å². The highest BCUT2D eigenvalue weighted by atomic mass is 14.9. The molecule has 72 valence electrons. The molecule has 0 heterocycles. The minimum Gasteiger partial charge on any atom is -0.326 e. The number of nitrogens with two attached hydrogens (primary N) is 1. The van der Waals surface area contributed by atoms with E-state index < -0.39 is 0 Å². The molecule has 2 unspecified atom stereocenters. The van der Waals surface area contributed by atoms with Crippen LogP contribution >= 0.6 is 0 Å². The highest BCUT2D eigenvalue weighted by molar-refractivity contribution is 4.83. The van der Waals surface area contributed by atoms with E-state index in [1.165, 1.54) is 38.5 Å². The van der Waals surface area contributed by atoms with Crippen LogP contribution < -0.4 is 11.1 Å². The molecule has 1 rings (SSSR count). The third kappa shape index (κ3) is 3.11. The molecule has 0 radical (unpaired) electrons. The van der Waals surface area contributed by atoms with Gasteiger partial charge in [-0.1, -0.05) is 26.2 Å². The third-order valence-electron chi connectivity index (χ3n) is 2.76. The summed E-state index contributed by atoms with van der Waals surface area (Å²) in [6, 6.07) is 1.01. The summed E-state index contributed by atoms with van der Waals surface area (Å²) in [5.41, 5.74) is 6.00. The van der Waals surface area contributed by atoms with Crippen molar-refractivity contribution in [1.82, 2.24) is 5.32 Å². The Morgan fingerprint density at radius 2 is 2.08 bits per heavy atom. The lowest BCUT2D eigenvalue weighted by Gasteiger charge is -2.29. The number of rotatable bonds is 4. The summed E-state index contributed by atoms with van der Waals surface area (Å²) < 4.78 is 0. The zero-order valence-electron chi connectivity index (χ0n) is 8.18. The van der Waals surface area contributed by atoms with Gasteiger partial charge in [-0.15, -0.1) is 0 Å². The molecular weight excluding hydrogens is 148 g/mol. The molecule has 1 aliphatic rings. The van der Waals surface area contributed by atoms with Crippen LogP contribution in [0.25, 0.3) is 0 Å². The average Bonchev–Trinajstić information content (AvgIpc) is 2.09.